The zero-order chi connectivity index (χ0) is 24.6. The van der Waals surface area contributed by atoms with Crippen LogP contribution in [0.25, 0.3) is 0 Å². The first-order valence-corrected chi connectivity index (χ1v) is 11.8. The summed E-state index contributed by atoms with van der Waals surface area (Å²) in [5.74, 6) is -0.774. The summed E-state index contributed by atoms with van der Waals surface area (Å²) in [5.41, 5.74) is 2.78. The number of benzene rings is 3. The second-order valence-corrected chi connectivity index (χ2v) is 8.56. The Morgan fingerprint density at radius 1 is 1.03 bits per heavy atom. The van der Waals surface area contributed by atoms with Crippen LogP contribution >= 0.6 is 0 Å². The minimum absolute atomic E-state index is 0.246. The van der Waals surface area contributed by atoms with Gasteiger partial charge in [-0.3, -0.25) is 0 Å². The fourth-order valence-electron chi connectivity index (χ4n) is 4.40. The van der Waals surface area contributed by atoms with Crippen molar-refractivity contribution in [3.05, 3.63) is 90.0 Å². The molecule has 4 rings (SSSR count). The van der Waals surface area contributed by atoms with Gasteiger partial charge in [-0.1, -0.05) is 42.5 Å². The van der Waals surface area contributed by atoms with Crippen LogP contribution in [0.1, 0.15) is 28.8 Å². The van der Waals surface area contributed by atoms with Gasteiger partial charge in [0.25, 0.3) is 0 Å². The molecule has 182 valence electrons. The lowest BCUT2D eigenvalue weighted by Crippen LogP contribution is -2.34. The lowest BCUT2D eigenvalue weighted by Gasteiger charge is -2.26. The summed E-state index contributed by atoms with van der Waals surface area (Å²) in [4.78, 5) is 26.3. The Labute approximate surface area is 205 Å². The predicted molar refractivity (Wildman–Crippen MR) is 135 cm³/mol. The lowest BCUT2D eigenvalue weighted by atomic mass is 10.0. The summed E-state index contributed by atoms with van der Waals surface area (Å²) in [6.07, 6.45) is 2.48. The number of carbonyl (C=O) groups excluding carboxylic acids is 1. The van der Waals surface area contributed by atoms with Crippen molar-refractivity contribution in [3.63, 3.8) is 0 Å². The van der Waals surface area contributed by atoms with Gasteiger partial charge < -0.3 is 24.8 Å². The first-order valence-electron chi connectivity index (χ1n) is 11.8. The minimum Gasteiger partial charge on any atom is -0.491 e. The maximum Gasteiger partial charge on any atom is 0.339 e. The van der Waals surface area contributed by atoms with Crippen molar-refractivity contribution in [2.75, 3.05) is 30.5 Å². The second kappa shape index (κ2) is 11.4. The van der Waals surface area contributed by atoms with Crippen LogP contribution in [0.15, 0.2) is 78.9 Å². The molecule has 3 aromatic rings. The SMILES string of the molecule is COC(=O)c1ccccc1NC(Cc1ccc(OCC2CCCN2c2ccccc2)cc1)C(=O)O. The third-order valence-corrected chi connectivity index (χ3v) is 6.23. The van der Waals surface area contributed by atoms with E-state index in [1.54, 1.807) is 24.3 Å². The van der Waals surface area contributed by atoms with Crippen LogP contribution in [0, 0.1) is 0 Å². The molecule has 0 spiro atoms. The third-order valence-electron chi connectivity index (χ3n) is 6.23. The molecular formula is C28H30N2O5. The third kappa shape index (κ3) is 6.12. The minimum atomic E-state index is -1.01. The van der Waals surface area contributed by atoms with Crippen molar-refractivity contribution in [2.24, 2.45) is 0 Å². The molecule has 2 unspecified atom stereocenters. The van der Waals surface area contributed by atoms with Crippen molar-refractivity contribution in [1.29, 1.82) is 0 Å². The molecule has 7 heteroatoms. The summed E-state index contributed by atoms with van der Waals surface area (Å²) >= 11 is 0. The summed E-state index contributed by atoms with van der Waals surface area (Å²) in [6, 6.07) is 24.0. The van der Waals surface area contributed by atoms with Gasteiger partial charge in [0.2, 0.25) is 0 Å². The topological polar surface area (TPSA) is 88.1 Å². The fraction of sp³-hybridized carbons (Fsp3) is 0.286. The van der Waals surface area contributed by atoms with Crippen LogP contribution in [0.3, 0.4) is 0 Å². The van der Waals surface area contributed by atoms with Gasteiger partial charge in [-0.05, 0) is 54.8 Å². The van der Waals surface area contributed by atoms with E-state index in [2.05, 4.69) is 34.5 Å². The summed E-state index contributed by atoms with van der Waals surface area (Å²) in [7, 11) is 1.29. The second-order valence-electron chi connectivity index (χ2n) is 8.56. The van der Waals surface area contributed by atoms with Crippen LogP contribution in [0.2, 0.25) is 0 Å². The number of esters is 1. The first kappa shape index (κ1) is 24.1. The number of para-hydroxylation sites is 2. The highest BCUT2D eigenvalue weighted by Gasteiger charge is 2.25. The highest BCUT2D eigenvalue weighted by Crippen LogP contribution is 2.26. The van der Waals surface area contributed by atoms with Crippen LogP contribution in [0.5, 0.6) is 5.75 Å². The Bertz CT molecular complexity index is 1130. The highest BCUT2D eigenvalue weighted by molar-refractivity contribution is 5.96. The standard InChI is InChI=1S/C28H30N2O5/c1-34-28(33)24-11-5-6-12-25(24)29-26(27(31)32)18-20-13-15-23(16-14-20)35-19-22-10-7-17-30(22)21-8-3-2-4-9-21/h2-6,8-9,11-16,22,26,29H,7,10,17-19H2,1H3,(H,31,32). The van der Waals surface area contributed by atoms with Gasteiger partial charge in [0.05, 0.1) is 18.7 Å². The molecular weight excluding hydrogens is 444 g/mol. The van der Waals surface area contributed by atoms with E-state index >= 15 is 0 Å². The molecule has 35 heavy (non-hydrogen) atoms. The first-order chi connectivity index (χ1) is 17.0. The molecule has 0 aliphatic carbocycles. The number of hydrogen-bond donors (Lipinski definition) is 2. The molecule has 1 aliphatic rings. The Hall–Kier alpha value is -4.00. The van der Waals surface area contributed by atoms with E-state index in [1.165, 1.54) is 12.8 Å². The fourth-order valence-corrected chi connectivity index (χ4v) is 4.40. The number of ether oxygens (including phenoxy) is 2. The molecule has 0 radical (unpaired) electrons. The number of nitrogens with zero attached hydrogens (tertiary/aromatic N) is 1. The molecule has 0 amide bonds. The van der Waals surface area contributed by atoms with E-state index in [9.17, 15) is 14.7 Å². The van der Waals surface area contributed by atoms with Crippen molar-refractivity contribution in [2.45, 2.75) is 31.3 Å². The van der Waals surface area contributed by atoms with Crippen LogP contribution in [-0.4, -0.2) is 49.4 Å². The van der Waals surface area contributed by atoms with Gasteiger partial charge >= 0.3 is 11.9 Å². The number of carboxylic acid groups (broad SMARTS) is 1. The normalized spacial score (nSPS) is 15.9. The number of hydrogen-bond acceptors (Lipinski definition) is 6. The Morgan fingerprint density at radius 3 is 2.46 bits per heavy atom. The van der Waals surface area contributed by atoms with Gasteiger partial charge in [0, 0.05) is 24.3 Å². The van der Waals surface area contributed by atoms with Crippen LogP contribution < -0.4 is 15.0 Å². The van der Waals surface area contributed by atoms with Gasteiger partial charge in [-0.15, -0.1) is 0 Å². The van der Waals surface area contributed by atoms with Gasteiger partial charge in [-0.2, -0.15) is 0 Å². The van der Waals surface area contributed by atoms with Gasteiger partial charge in [0.1, 0.15) is 18.4 Å². The van der Waals surface area contributed by atoms with E-state index in [1.807, 2.05) is 30.3 Å². The molecule has 7 nitrogen and oxygen atoms in total. The maximum absolute atomic E-state index is 12.0. The number of carboxylic acids is 1. The maximum atomic E-state index is 12.0. The van der Waals surface area contributed by atoms with E-state index in [0.717, 1.165) is 30.7 Å². The quantitative estimate of drug-likeness (QED) is 0.414. The molecule has 1 fully saturated rings. The van der Waals surface area contributed by atoms with E-state index < -0.39 is 18.0 Å². The molecule has 2 atom stereocenters. The van der Waals surface area contributed by atoms with Crippen molar-refractivity contribution >= 4 is 23.3 Å². The lowest BCUT2D eigenvalue weighted by molar-refractivity contribution is -0.137. The van der Waals surface area contributed by atoms with E-state index in [4.69, 9.17) is 9.47 Å². The molecule has 2 N–H and O–H groups in total. The van der Waals surface area contributed by atoms with Gasteiger partial charge in [-0.25, -0.2) is 9.59 Å². The number of nitrogens with one attached hydrogen (secondary N) is 1. The zero-order valence-electron chi connectivity index (χ0n) is 19.7. The number of aliphatic carboxylic acids is 1. The smallest absolute Gasteiger partial charge is 0.339 e. The molecule has 1 aliphatic heterocycles. The molecule has 0 saturated carbocycles. The summed E-state index contributed by atoms with van der Waals surface area (Å²) in [5, 5.41) is 12.7. The van der Waals surface area contributed by atoms with Crippen molar-refractivity contribution in [3.8, 4) is 5.75 Å². The van der Waals surface area contributed by atoms with Gasteiger partial charge in [0.15, 0.2) is 0 Å². The molecule has 0 aromatic heterocycles. The molecule has 0 bridgehead atoms. The number of carbonyl (C=O) groups is 2. The molecule has 1 heterocycles. The van der Waals surface area contributed by atoms with Crippen LogP contribution in [0.4, 0.5) is 11.4 Å². The van der Waals surface area contributed by atoms with E-state index in [0.29, 0.717) is 23.9 Å². The summed E-state index contributed by atoms with van der Waals surface area (Å²) in [6.45, 7) is 1.62. The Morgan fingerprint density at radius 2 is 1.74 bits per heavy atom. The molecule has 3 aromatic carbocycles. The van der Waals surface area contributed by atoms with Crippen molar-refractivity contribution in [1.82, 2.24) is 0 Å². The highest BCUT2D eigenvalue weighted by atomic mass is 16.5. The monoisotopic (exact) mass is 474 g/mol. The van der Waals surface area contributed by atoms with Crippen molar-refractivity contribution < 1.29 is 24.2 Å². The van der Waals surface area contributed by atoms with Crippen LogP contribution in [-0.2, 0) is 16.0 Å². The Kier molecular flexibility index (Phi) is 7.88. The Balaban J connectivity index is 1.36. The molecule has 1 saturated heterocycles. The summed E-state index contributed by atoms with van der Waals surface area (Å²) < 4.78 is 10.9. The average molecular weight is 475 g/mol. The average Bonchev–Trinajstić information content (AvgIpc) is 3.37. The number of rotatable bonds is 10. The largest absolute Gasteiger partial charge is 0.491 e. The number of methoxy groups -OCH3 is 1. The van der Waals surface area contributed by atoms with E-state index in [-0.39, 0.29) is 6.42 Å². The number of anilines is 2. The predicted octanol–water partition coefficient (Wildman–Crippen LogP) is 4.63. The zero-order valence-corrected chi connectivity index (χ0v) is 19.7.